The maximum atomic E-state index is 8.74. The van der Waals surface area contributed by atoms with Crippen LogP contribution in [0.25, 0.3) is 0 Å². The minimum atomic E-state index is -4.67. The van der Waals surface area contributed by atoms with E-state index in [9.17, 15) is 0 Å². The maximum absolute atomic E-state index is 8.74. The van der Waals surface area contributed by atoms with E-state index in [0.29, 0.717) is 0 Å². The van der Waals surface area contributed by atoms with Gasteiger partial charge < -0.3 is 1.43 Å². The minimum absolute atomic E-state index is 0. The first-order valence-corrected chi connectivity index (χ1v) is 12.7. The summed E-state index contributed by atoms with van der Waals surface area (Å²) in [6.45, 7) is 9.42. The van der Waals surface area contributed by atoms with E-state index in [1.54, 1.807) is 24.6 Å². The molecule has 0 atom stereocenters. The van der Waals surface area contributed by atoms with Crippen molar-refractivity contribution in [3.63, 3.8) is 0 Å². The molecule has 0 saturated heterocycles. The van der Waals surface area contributed by atoms with Gasteiger partial charge in [-0.15, -0.1) is 0 Å². The largest absolute Gasteiger partial charge is 1.00 e. The zero-order valence-corrected chi connectivity index (χ0v) is 17.8. The van der Waals surface area contributed by atoms with Crippen LogP contribution in [0.2, 0.25) is 0 Å². The van der Waals surface area contributed by atoms with Gasteiger partial charge >= 0.3 is 29.3 Å². The quantitative estimate of drug-likeness (QED) is 0.317. The monoisotopic (exact) mass is 365 g/mol. The summed E-state index contributed by atoms with van der Waals surface area (Å²) in [5.74, 6) is 0. The van der Waals surface area contributed by atoms with E-state index >= 15 is 0 Å². The van der Waals surface area contributed by atoms with Crippen LogP contribution in [0, 0.1) is 0 Å². The minimum Gasteiger partial charge on any atom is -1.00 e. The molecule has 0 heterocycles. The Kier molecular flexibility index (Phi) is 22.1. The molecule has 0 aromatic heterocycles. The van der Waals surface area contributed by atoms with Crippen molar-refractivity contribution in [3.05, 3.63) is 0 Å². The summed E-state index contributed by atoms with van der Waals surface area (Å²) in [6, 6.07) is 0. The molecule has 0 saturated carbocycles. The van der Waals surface area contributed by atoms with Gasteiger partial charge in [-0.1, -0.05) is 53.4 Å². The molecule has 2 N–H and O–H groups in total. The molecule has 0 aliphatic rings. The van der Waals surface area contributed by atoms with E-state index in [1.807, 2.05) is 0 Å². The van der Waals surface area contributed by atoms with Crippen molar-refractivity contribution in [2.24, 2.45) is 0 Å². The maximum Gasteiger partial charge on any atom is 1.00 e. The zero-order valence-electron chi connectivity index (χ0n) is 17.1. The molecule has 7 heteroatoms. The summed E-state index contributed by atoms with van der Waals surface area (Å²) in [6.07, 6.45) is 17.9. The van der Waals surface area contributed by atoms with Crippen LogP contribution in [0.4, 0.5) is 0 Å². The fourth-order valence-corrected chi connectivity index (χ4v) is 7.93. The Balaban J connectivity index is -0.000000250. The van der Waals surface area contributed by atoms with Crippen LogP contribution in [-0.2, 0) is 10.4 Å². The molecule has 4 nitrogen and oxygen atoms in total. The van der Waals surface area contributed by atoms with Crippen molar-refractivity contribution in [3.8, 4) is 0 Å². The average molecular weight is 365 g/mol. The Labute approximate surface area is 159 Å². The first-order chi connectivity index (χ1) is 10.2. The second kappa shape index (κ2) is 17.7. The summed E-state index contributed by atoms with van der Waals surface area (Å²) in [7, 11) is -5.23. The first kappa shape index (κ1) is 28.7. The first-order valence-electron chi connectivity index (χ1n) is 8.79. The Morgan fingerprint density at radius 1 is 0.696 bits per heavy atom. The molecule has 0 aliphatic carbocycles. The second-order valence-electron chi connectivity index (χ2n) is 6.10. The van der Waals surface area contributed by atoms with Crippen molar-refractivity contribution in [2.75, 3.05) is 24.6 Å². The van der Waals surface area contributed by atoms with Crippen LogP contribution in [-0.4, -0.2) is 42.2 Å². The van der Waals surface area contributed by atoms with Gasteiger partial charge in [0.15, 0.2) is 0 Å². The SMILES string of the molecule is CCCC[P+](CCCC)(CCCC)CCCC.O=S(=O)(O)O.[H-].[Li+]. The molecule has 23 heavy (non-hydrogen) atoms. The Hall–Kier alpha value is 0.897. The van der Waals surface area contributed by atoms with Gasteiger partial charge in [-0.25, -0.2) is 0 Å². The van der Waals surface area contributed by atoms with E-state index in [-0.39, 0.29) is 20.3 Å². The Morgan fingerprint density at radius 2 is 0.870 bits per heavy atom. The van der Waals surface area contributed by atoms with Gasteiger partial charge in [-0.2, -0.15) is 8.42 Å². The number of unbranched alkanes of at least 4 members (excludes halogenated alkanes) is 4. The van der Waals surface area contributed by atoms with Gasteiger partial charge in [-0.3, -0.25) is 9.11 Å². The van der Waals surface area contributed by atoms with E-state index in [0.717, 1.165) is 0 Å². The normalized spacial score (nSPS) is 11.4. The van der Waals surface area contributed by atoms with Crippen LogP contribution in [0.15, 0.2) is 0 Å². The third kappa shape index (κ3) is 22.9. The van der Waals surface area contributed by atoms with Crippen LogP contribution in [0.5, 0.6) is 0 Å². The molecule has 0 unspecified atom stereocenters. The number of hydrogen-bond acceptors (Lipinski definition) is 2. The van der Waals surface area contributed by atoms with Gasteiger partial charge in [0.25, 0.3) is 0 Å². The molecule has 0 aromatic carbocycles. The summed E-state index contributed by atoms with van der Waals surface area (Å²) in [5.41, 5.74) is 0. The van der Waals surface area contributed by atoms with Crippen molar-refractivity contribution in [2.45, 2.75) is 79.1 Å². The van der Waals surface area contributed by atoms with Crippen molar-refractivity contribution >= 4 is 17.7 Å². The molecule has 0 amide bonds. The third-order valence-corrected chi connectivity index (χ3v) is 9.00. The molecular weight excluding hydrogens is 326 g/mol. The fraction of sp³-hybridized carbons (Fsp3) is 1.00. The van der Waals surface area contributed by atoms with E-state index in [4.69, 9.17) is 17.5 Å². The smallest absolute Gasteiger partial charge is 1.00 e. The third-order valence-electron chi connectivity index (χ3n) is 3.94. The summed E-state index contributed by atoms with van der Waals surface area (Å²) in [4.78, 5) is 0. The molecule has 0 fully saturated rings. The molecule has 0 radical (unpaired) electrons. The van der Waals surface area contributed by atoms with Gasteiger partial charge in [0.05, 0.1) is 24.6 Å². The zero-order chi connectivity index (χ0) is 17.5. The second-order valence-corrected chi connectivity index (χ2v) is 11.5. The predicted octanol–water partition coefficient (Wildman–Crippen LogP) is 2.67. The van der Waals surface area contributed by atoms with Gasteiger partial charge in [-0.05, 0) is 25.7 Å². The van der Waals surface area contributed by atoms with Crippen LogP contribution in [0.3, 0.4) is 0 Å². The van der Waals surface area contributed by atoms with Crippen molar-refractivity contribution < 1.29 is 37.8 Å². The standard InChI is InChI=1S/C16H36P.Li.H2O4S.H/c1-5-9-13-17(14-10-6-2,15-11-7-3)16-12-8-4;;1-5(2,3)4;/h5-16H2,1-4H3;;(H2,1,2,3,4);/q2*+1;;-1. The summed E-state index contributed by atoms with van der Waals surface area (Å²) < 4.78 is 31.6. The van der Waals surface area contributed by atoms with Crippen molar-refractivity contribution in [1.82, 2.24) is 0 Å². The Bertz CT molecular complexity index is 297. The molecule has 0 rings (SSSR count). The predicted molar refractivity (Wildman–Crippen MR) is 101 cm³/mol. The molecule has 0 aliphatic heterocycles. The fourth-order valence-electron chi connectivity index (χ4n) is 2.64. The molecule has 0 spiro atoms. The molecule has 0 bridgehead atoms. The van der Waals surface area contributed by atoms with E-state index in [1.165, 1.54) is 51.4 Å². The van der Waals surface area contributed by atoms with E-state index in [2.05, 4.69) is 27.7 Å². The summed E-state index contributed by atoms with van der Waals surface area (Å²) in [5, 5.41) is 0. The number of hydrogen-bond donors (Lipinski definition) is 2. The average Bonchev–Trinajstić information content (AvgIpc) is 2.44. The van der Waals surface area contributed by atoms with Gasteiger partial charge in [0.2, 0.25) is 0 Å². The summed E-state index contributed by atoms with van der Waals surface area (Å²) >= 11 is 0. The topological polar surface area (TPSA) is 74.6 Å². The molecule has 0 aromatic rings. The number of rotatable bonds is 12. The van der Waals surface area contributed by atoms with Gasteiger partial charge in [0, 0.05) is 7.26 Å². The Morgan fingerprint density at radius 3 is 1.00 bits per heavy atom. The van der Waals surface area contributed by atoms with Crippen LogP contribution >= 0.6 is 7.26 Å². The van der Waals surface area contributed by atoms with Crippen molar-refractivity contribution in [1.29, 1.82) is 0 Å². The van der Waals surface area contributed by atoms with Crippen LogP contribution in [0.1, 0.15) is 80.5 Å². The molecule has 138 valence electrons. The molecular formula is C16H39LiO4PS+. The van der Waals surface area contributed by atoms with Crippen LogP contribution < -0.4 is 18.9 Å². The van der Waals surface area contributed by atoms with E-state index < -0.39 is 17.7 Å². The van der Waals surface area contributed by atoms with Gasteiger partial charge in [0.1, 0.15) is 0 Å².